The van der Waals surface area contributed by atoms with Gasteiger partial charge in [-0.15, -0.1) is 0 Å². The van der Waals surface area contributed by atoms with E-state index in [1.54, 1.807) is 7.11 Å². The average molecular weight is 206 g/mol. The Morgan fingerprint density at radius 3 is 2.43 bits per heavy atom. The molecule has 0 saturated heterocycles. The van der Waals surface area contributed by atoms with Gasteiger partial charge >= 0.3 is 0 Å². The van der Waals surface area contributed by atoms with Crippen LogP contribution in [0.1, 0.15) is 19.8 Å². The van der Waals surface area contributed by atoms with Crippen LogP contribution in [0.15, 0.2) is 0 Å². The molecular formula is C10H22O4. The zero-order valence-electron chi connectivity index (χ0n) is 9.20. The number of hydrogen-bond acceptors (Lipinski definition) is 4. The van der Waals surface area contributed by atoms with Crippen LogP contribution in [-0.4, -0.2) is 51.4 Å². The molecule has 4 heteroatoms. The molecule has 4 nitrogen and oxygen atoms in total. The lowest BCUT2D eigenvalue weighted by atomic mass is 10.3. The van der Waals surface area contributed by atoms with Crippen LogP contribution in [0.25, 0.3) is 0 Å². The molecule has 0 saturated carbocycles. The molecule has 0 aliphatic heterocycles. The highest BCUT2D eigenvalue weighted by Gasteiger charge is 1.99. The molecule has 0 rings (SSSR count). The van der Waals surface area contributed by atoms with Crippen molar-refractivity contribution in [2.75, 3.05) is 40.1 Å². The fourth-order valence-electron chi connectivity index (χ4n) is 0.862. The maximum atomic E-state index is 9.15. The second-order valence-electron chi connectivity index (χ2n) is 3.10. The highest BCUT2D eigenvalue weighted by molar-refractivity contribution is 4.47. The van der Waals surface area contributed by atoms with E-state index in [0.717, 1.165) is 19.4 Å². The van der Waals surface area contributed by atoms with Gasteiger partial charge in [0, 0.05) is 20.3 Å². The third-order valence-corrected chi connectivity index (χ3v) is 1.79. The van der Waals surface area contributed by atoms with Crippen molar-refractivity contribution < 1.29 is 19.3 Å². The van der Waals surface area contributed by atoms with E-state index in [1.165, 1.54) is 0 Å². The Balaban J connectivity index is 2.92. The predicted octanol–water partition coefficient (Wildman–Crippen LogP) is 0.827. The smallest absolute Gasteiger partial charge is 0.0771 e. The average Bonchev–Trinajstić information content (AvgIpc) is 2.21. The molecule has 1 N–H and O–H groups in total. The van der Waals surface area contributed by atoms with Crippen LogP contribution in [0.5, 0.6) is 0 Å². The SMILES string of the molecule is CCC(O)COCCOCCCOC. The molecule has 86 valence electrons. The third kappa shape index (κ3) is 9.92. The lowest BCUT2D eigenvalue weighted by Crippen LogP contribution is -2.16. The van der Waals surface area contributed by atoms with Crippen molar-refractivity contribution in [3.63, 3.8) is 0 Å². The van der Waals surface area contributed by atoms with E-state index in [-0.39, 0.29) is 6.10 Å². The molecule has 14 heavy (non-hydrogen) atoms. The van der Waals surface area contributed by atoms with Crippen molar-refractivity contribution in [1.82, 2.24) is 0 Å². The molecular weight excluding hydrogens is 184 g/mol. The van der Waals surface area contributed by atoms with Crippen molar-refractivity contribution in [3.05, 3.63) is 0 Å². The van der Waals surface area contributed by atoms with Crippen LogP contribution in [0.3, 0.4) is 0 Å². The molecule has 0 fully saturated rings. The summed E-state index contributed by atoms with van der Waals surface area (Å²) in [6, 6.07) is 0. The van der Waals surface area contributed by atoms with E-state index in [9.17, 15) is 0 Å². The van der Waals surface area contributed by atoms with Crippen molar-refractivity contribution in [1.29, 1.82) is 0 Å². The van der Waals surface area contributed by atoms with Crippen LogP contribution in [0.4, 0.5) is 0 Å². The molecule has 0 radical (unpaired) electrons. The van der Waals surface area contributed by atoms with E-state index < -0.39 is 0 Å². The summed E-state index contributed by atoms with van der Waals surface area (Å²) in [5, 5.41) is 9.15. The quantitative estimate of drug-likeness (QED) is 0.538. The fourth-order valence-corrected chi connectivity index (χ4v) is 0.862. The normalized spacial score (nSPS) is 13.1. The van der Waals surface area contributed by atoms with Gasteiger partial charge in [0.1, 0.15) is 0 Å². The Labute approximate surface area is 86.2 Å². The van der Waals surface area contributed by atoms with Gasteiger partial charge in [-0.05, 0) is 12.8 Å². The Morgan fingerprint density at radius 2 is 1.79 bits per heavy atom. The van der Waals surface area contributed by atoms with Gasteiger partial charge in [0.15, 0.2) is 0 Å². The Kier molecular flexibility index (Phi) is 10.8. The largest absolute Gasteiger partial charge is 0.391 e. The minimum absolute atomic E-state index is 0.344. The summed E-state index contributed by atoms with van der Waals surface area (Å²) in [5.41, 5.74) is 0. The fraction of sp³-hybridized carbons (Fsp3) is 1.00. The highest BCUT2D eigenvalue weighted by atomic mass is 16.5. The lowest BCUT2D eigenvalue weighted by molar-refractivity contribution is 0.000358. The van der Waals surface area contributed by atoms with Gasteiger partial charge in [0.25, 0.3) is 0 Å². The number of hydrogen-bond donors (Lipinski definition) is 1. The van der Waals surface area contributed by atoms with Crippen LogP contribution in [0.2, 0.25) is 0 Å². The molecule has 1 unspecified atom stereocenters. The highest BCUT2D eigenvalue weighted by Crippen LogP contribution is 1.91. The first-order valence-corrected chi connectivity index (χ1v) is 5.13. The Morgan fingerprint density at radius 1 is 1.07 bits per heavy atom. The molecule has 0 spiro atoms. The summed E-state index contributed by atoms with van der Waals surface area (Å²) < 4.78 is 15.3. The van der Waals surface area contributed by atoms with Crippen LogP contribution in [-0.2, 0) is 14.2 Å². The minimum atomic E-state index is -0.344. The Bertz CT molecular complexity index is 108. The second-order valence-corrected chi connectivity index (χ2v) is 3.10. The van der Waals surface area contributed by atoms with Crippen molar-refractivity contribution in [2.24, 2.45) is 0 Å². The summed E-state index contributed by atoms with van der Waals surface area (Å²) in [6.07, 6.45) is 1.30. The molecule has 0 heterocycles. The molecule has 0 aliphatic carbocycles. The van der Waals surface area contributed by atoms with Gasteiger partial charge in [-0.1, -0.05) is 6.92 Å². The topological polar surface area (TPSA) is 47.9 Å². The van der Waals surface area contributed by atoms with E-state index in [2.05, 4.69) is 0 Å². The second kappa shape index (κ2) is 10.9. The first kappa shape index (κ1) is 13.8. The van der Waals surface area contributed by atoms with Crippen LogP contribution < -0.4 is 0 Å². The third-order valence-electron chi connectivity index (χ3n) is 1.79. The monoisotopic (exact) mass is 206 g/mol. The molecule has 0 amide bonds. The van der Waals surface area contributed by atoms with E-state index in [4.69, 9.17) is 19.3 Å². The zero-order chi connectivity index (χ0) is 10.6. The first-order chi connectivity index (χ1) is 6.81. The summed E-state index contributed by atoms with van der Waals surface area (Å²) in [7, 11) is 1.68. The number of rotatable bonds is 10. The zero-order valence-corrected chi connectivity index (χ0v) is 9.20. The molecule has 0 aromatic carbocycles. The van der Waals surface area contributed by atoms with Gasteiger partial charge in [0.2, 0.25) is 0 Å². The van der Waals surface area contributed by atoms with E-state index in [1.807, 2.05) is 6.92 Å². The molecule has 1 atom stereocenters. The summed E-state index contributed by atoms with van der Waals surface area (Å²) in [5.74, 6) is 0. The summed E-state index contributed by atoms with van der Waals surface area (Å²) >= 11 is 0. The van der Waals surface area contributed by atoms with E-state index in [0.29, 0.717) is 26.4 Å². The molecule has 0 aliphatic rings. The van der Waals surface area contributed by atoms with Crippen LogP contribution in [0, 0.1) is 0 Å². The number of methoxy groups -OCH3 is 1. The van der Waals surface area contributed by atoms with Crippen molar-refractivity contribution in [3.8, 4) is 0 Å². The number of aliphatic hydroxyl groups excluding tert-OH is 1. The molecule has 0 aromatic heterocycles. The maximum absolute atomic E-state index is 9.15. The Hall–Kier alpha value is -0.160. The van der Waals surface area contributed by atoms with Crippen molar-refractivity contribution >= 4 is 0 Å². The van der Waals surface area contributed by atoms with Gasteiger partial charge in [-0.25, -0.2) is 0 Å². The maximum Gasteiger partial charge on any atom is 0.0771 e. The summed E-state index contributed by atoms with van der Waals surface area (Å²) in [4.78, 5) is 0. The lowest BCUT2D eigenvalue weighted by Gasteiger charge is -2.08. The van der Waals surface area contributed by atoms with E-state index >= 15 is 0 Å². The van der Waals surface area contributed by atoms with Gasteiger partial charge in [0.05, 0.1) is 25.9 Å². The summed E-state index contributed by atoms with van der Waals surface area (Å²) in [6.45, 7) is 4.89. The molecule has 0 aromatic rings. The molecule has 0 bridgehead atoms. The van der Waals surface area contributed by atoms with Gasteiger partial charge in [-0.2, -0.15) is 0 Å². The number of aliphatic hydroxyl groups is 1. The van der Waals surface area contributed by atoms with Crippen molar-refractivity contribution in [2.45, 2.75) is 25.9 Å². The standard InChI is InChI=1S/C10H22O4/c1-3-10(11)9-14-8-7-13-6-4-5-12-2/h10-11H,3-9H2,1-2H3. The van der Waals surface area contributed by atoms with Gasteiger partial charge < -0.3 is 19.3 Å². The predicted molar refractivity (Wildman–Crippen MR) is 54.4 cm³/mol. The van der Waals surface area contributed by atoms with Gasteiger partial charge in [-0.3, -0.25) is 0 Å². The minimum Gasteiger partial charge on any atom is -0.391 e. The first-order valence-electron chi connectivity index (χ1n) is 5.13. The van der Waals surface area contributed by atoms with Crippen LogP contribution >= 0.6 is 0 Å². The number of ether oxygens (including phenoxy) is 3.